The second-order valence-electron chi connectivity index (χ2n) is 12.3. The second kappa shape index (κ2) is 10.2. The van der Waals surface area contributed by atoms with Crippen molar-refractivity contribution >= 4 is 43.6 Å². The molecule has 0 saturated carbocycles. The molecule has 0 N–H and O–H groups in total. The highest BCUT2D eigenvalue weighted by molar-refractivity contribution is 6.11. The topological polar surface area (TPSA) is 70.3 Å². The number of aromatic nitrogens is 3. The molecule has 5 heteroatoms. The number of hydrogen-bond acceptors (Lipinski definition) is 3. The first kappa shape index (κ1) is 27.4. The Labute approximate surface area is 266 Å². The number of benzene rings is 5. The van der Waals surface area contributed by atoms with E-state index in [4.69, 9.17) is 4.98 Å². The molecule has 0 atom stereocenters. The van der Waals surface area contributed by atoms with E-state index in [0.29, 0.717) is 16.7 Å². The van der Waals surface area contributed by atoms with Crippen molar-refractivity contribution in [2.45, 2.75) is 27.7 Å². The highest BCUT2D eigenvalue weighted by Gasteiger charge is 2.20. The summed E-state index contributed by atoms with van der Waals surface area (Å²) in [5, 5.41) is 24.8. The van der Waals surface area contributed by atoms with Crippen LogP contribution in [-0.2, 0) is 0 Å². The Kier molecular flexibility index (Phi) is 6.07. The lowest BCUT2D eigenvalue weighted by Gasteiger charge is -2.15. The Morgan fingerprint density at radius 1 is 0.500 bits per heavy atom. The van der Waals surface area contributed by atoms with Gasteiger partial charge < -0.3 is 0 Å². The van der Waals surface area contributed by atoms with Crippen molar-refractivity contribution in [2.75, 3.05) is 0 Å². The van der Waals surface area contributed by atoms with Gasteiger partial charge in [0, 0.05) is 27.1 Å². The van der Waals surface area contributed by atoms with Crippen LogP contribution in [-0.4, -0.2) is 14.1 Å². The molecule has 46 heavy (non-hydrogen) atoms. The molecule has 5 aromatic carbocycles. The molecule has 8 aromatic rings. The molecule has 0 unspecified atom stereocenters. The minimum atomic E-state index is 0.352. The third-order valence-corrected chi connectivity index (χ3v) is 9.02. The van der Waals surface area contributed by atoms with Gasteiger partial charge in [-0.25, -0.2) is 4.98 Å². The second-order valence-corrected chi connectivity index (χ2v) is 12.3. The van der Waals surface area contributed by atoms with Crippen molar-refractivity contribution in [3.8, 4) is 34.9 Å². The van der Waals surface area contributed by atoms with Gasteiger partial charge in [0.2, 0.25) is 0 Å². The normalized spacial score (nSPS) is 11.4. The fraction of sp³-hybridized carbons (Fsp3) is 0.0976. The monoisotopic (exact) mass is 591 g/mol. The lowest BCUT2D eigenvalue weighted by molar-refractivity contribution is 1.01. The van der Waals surface area contributed by atoms with Gasteiger partial charge in [-0.2, -0.15) is 10.5 Å². The number of nitriles is 2. The molecular formula is C41H29N5. The molecule has 0 aliphatic heterocycles. The maximum atomic E-state index is 10.2. The fourth-order valence-electron chi connectivity index (χ4n) is 6.89. The summed E-state index contributed by atoms with van der Waals surface area (Å²) in [6, 6.07) is 40.2. The average molecular weight is 592 g/mol. The number of aryl methyl sites for hydroxylation is 4. The van der Waals surface area contributed by atoms with Crippen LogP contribution in [0.2, 0.25) is 0 Å². The predicted octanol–water partition coefficient (Wildman–Crippen LogP) is 9.92. The van der Waals surface area contributed by atoms with E-state index in [-0.39, 0.29) is 0 Å². The van der Waals surface area contributed by atoms with Crippen LogP contribution in [0.4, 0.5) is 0 Å². The third-order valence-electron chi connectivity index (χ3n) is 9.02. The van der Waals surface area contributed by atoms with Crippen LogP contribution in [0.5, 0.6) is 0 Å². The molecule has 0 aliphatic rings. The third kappa shape index (κ3) is 4.10. The van der Waals surface area contributed by atoms with Gasteiger partial charge in [-0.3, -0.25) is 9.13 Å². The quantitative estimate of drug-likeness (QED) is 0.205. The molecule has 0 amide bonds. The van der Waals surface area contributed by atoms with Crippen LogP contribution in [0, 0.1) is 50.4 Å². The summed E-state index contributed by atoms with van der Waals surface area (Å²) >= 11 is 0. The zero-order valence-corrected chi connectivity index (χ0v) is 26.1. The Bertz CT molecular complexity index is 2390. The first-order valence-corrected chi connectivity index (χ1v) is 15.3. The van der Waals surface area contributed by atoms with E-state index in [1.807, 2.05) is 24.3 Å². The summed E-state index contributed by atoms with van der Waals surface area (Å²) < 4.78 is 4.44. The maximum Gasteiger partial charge on any atom is 0.140 e. The molecule has 3 aromatic heterocycles. The van der Waals surface area contributed by atoms with Crippen LogP contribution in [0.1, 0.15) is 33.4 Å². The van der Waals surface area contributed by atoms with E-state index in [9.17, 15) is 10.5 Å². The van der Waals surface area contributed by atoms with Crippen molar-refractivity contribution in [3.63, 3.8) is 0 Å². The minimum absolute atomic E-state index is 0.352. The lowest BCUT2D eigenvalue weighted by Crippen LogP contribution is -2.05. The molecule has 0 radical (unpaired) electrons. The first-order chi connectivity index (χ1) is 22.3. The predicted molar refractivity (Wildman–Crippen MR) is 187 cm³/mol. The van der Waals surface area contributed by atoms with Gasteiger partial charge in [-0.15, -0.1) is 0 Å². The molecule has 0 aliphatic carbocycles. The lowest BCUT2D eigenvalue weighted by atomic mass is 9.97. The summed E-state index contributed by atoms with van der Waals surface area (Å²) in [5.74, 6) is 1.47. The van der Waals surface area contributed by atoms with Crippen molar-refractivity contribution < 1.29 is 0 Å². The van der Waals surface area contributed by atoms with E-state index in [1.54, 1.807) is 6.07 Å². The molecule has 218 valence electrons. The van der Waals surface area contributed by atoms with Gasteiger partial charge in [0.1, 0.15) is 23.8 Å². The zero-order valence-electron chi connectivity index (χ0n) is 26.1. The van der Waals surface area contributed by atoms with E-state index in [1.165, 1.54) is 43.8 Å². The van der Waals surface area contributed by atoms with E-state index < -0.39 is 0 Å². The zero-order chi connectivity index (χ0) is 31.7. The molecule has 3 heterocycles. The van der Waals surface area contributed by atoms with E-state index in [0.717, 1.165) is 39.3 Å². The summed E-state index contributed by atoms with van der Waals surface area (Å²) in [7, 11) is 0. The van der Waals surface area contributed by atoms with Crippen molar-refractivity contribution in [2.24, 2.45) is 0 Å². The van der Waals surface area contributed by atoms with E-state index in [2.05, 4.69) is 122 Å². The highest BCUT2D eigenvalue weighted by Crippen LogP contribution is 2.38. The smallest absolute Gasteiger partial charge is 0.140 e. The summed E-state index contributed by atoms with van der Waals surface area (Å²) in [6.07, 6.45) is 0. The largest absolute Gasteiger partial charge is 0.294 e. The molecule has 0 fully saturated rings. The Balaban J connectivity index is 1.53. The van der Waals surface area contributed by atoms with Gasteiger partial charge in [0.15, 0.2) is 0 Å². The molecule has 0 saturated heterocycles. The number of hydrogen-bond donors (Lipinski definition) is 0. The molecule has 0 bridgehead atoms. The Morgan fingerprint density at radius 3 is 1.28 bits per heavy atom. The highest BCUT2D eigenvalue weighted by atomic mass is 15.1. The average Bonchev–Trinajstić information content (AvgIpc) is 3.55. The molecule has 5 nitrogen and oxygen atoms in total. The van der Waals surface area contributed by atoms with Crippen LogP contribution < -0.4 is 0 Å². The Morgan fingerprint density at radius 2 is 0.913 bits per heavy atom. The van der Waals surface area contributed by atoms with Crippen LogP contribution in [0.15, 0.2) is 103 Å². The van der Waals surface area contributed by atoms with Crippen molar-refractivity contribution in [1.82, 2.24) is 14.1 Å². The van der Waals surface area contributed by atoms with Gasteiger partial charge in [-0.05, 0) is 100.0 Å². The van der Waals surface area contributed by atoms with E-state index >= 15 is 0 Å². The SMILES string of the molecule is Cc1ccc2c(c1)c1cc(C)ccc1n2-c1cc(-c2cccc(C#N)c2C#N)cc(-n2c3ccc(C)cc3c3cc(C)ccc32)n1. The minimum Gasteiger partial charge on any atom is -0.294 e. The van der Waals surface area contributed by atoms with Crippen LogP contribution in [0.3, 0.4) is 0 Å². The van der Waals surface area contributed by atoms with Gasteiger partial charge in [-0.1, -0.05) is 58.7 Å². The molecule has 0 spiro atoms. The van der Waals surface area contributed by atoms with Crippen molar-refractivity contribution in [3.05, 3.63) is 137 Å². The molecule has 8 rings (SSSR count). The van der Waals surface area contributed by atoms with Crippen LogP contribution in [0.25, 0.3) is 66.4 Å². The molecular weight excluding hydrogens is 562 g/mol. The fourth-order valence-corrected chi connectivity index (χ4v) is 6.89. The number of rotatable bonds is 3. The maximum absolute atomic E-state index is 10.2. The summed E-state index contributed by atoms with van der Waals surface area (Å²) in [5.41, 5.74) is 11.2. The first-order valence-electron chi connectivity index (χ1n) is 15.3. The van der Waals surface area contributed by atoms with Gasteiger partial charge in [0.25, 0.3) is 0 Å². The Hall–Kier alpha value is -6.17. The van der Waals surface area contributed by atoms with Crippen molar-refractivity contribution in [1.29, 1.82) is 10.5 Å². The summed E-state index contributed by atoms with van der Waals surface area (Å²) in [6.45, 7) is 8.47. The number of pyridine rings is 1. The van der Waals surface area contributed by atoms with Gasteiger partial charge >= 0.3 is 0 Å². The summed E-state index contributed by atoms with van der Waals surface area (Å²) in [4.78, 5) is 5.41. The number of fused-ring (bicyclic) bond motifs is 6. The standard InChI is InChI=1S/C41H29N5/c1-24-8-12-36-31(16-24)32-17-25(2)9-13-37(32)45(36)40-20-29(30-7-5-6-28(22-42)35(30)23-43)21-41(44-40)46-38-14-10-26(3)18-33(38)34-19-27(4)11-15-39(34)46/h5-21H,1-4H3. The number of nitrogens with zero attached hydrogens (tertiary/aromatic N) is 5. The van der Waals surface area contributed by atoms with Gasteiger partial charge in [0.05, 0.1) is 33.2 Å². The van der Waals surface area contributed by atoms with Crippen LogP contribution >= 0.6 is 0 Å².